The second-order valence-corrected chi connectivity index (χ2v) is 7.69. The van der Waals surface area contributed by atoms with Crippen molar-refractivity contribution in [2.45, 2.75) is 26.8 Å². The number of aromatic nitrogens is 2. The van der Waals surface area contributed by atoms with Gasteiger partial charge in [-0.15, -0.1) is 0 Å². The van der Waals surface area contributed by atoms with Crippen LogP contribution in [0.25, 0.3) is 0 Å². The van der Waals surface area contributed by atoms with Crippen molar-refractivity contribution in [3.8, 4) is 0 Å². The van der Waals surface area contributed by atoms with Gasteiger partial charge in [0, 0.05) is 32.6 Å². The van der Waals surface area contributed by atoms with Crippen LogP contribution in [0.2, 0.25) is 5.02 Å². The lowest BCUT2D eigenvalue weighted by Crippen LogP contribution is -2.48. The molecule has 0 atom stereocenters. The molecule has 1 aromatic heterocycles. The summed E-state index contributed by atoms with van der Waals surface area (Å²) in [5.74, 6) is 1.90. The number of carbonyl (C=O) groups excluding carboxylic acids is 1. The molecule has 7 nitrogen and oxygen atoms in total. The molecule has 3 rings (SSSR count). The fraction of sp³-hybridized carbons (Fsp3) is 0.526. The van der Waals surface area contributed by atoms with Crippen LogP contribution < -0.4 is 5.32 Å². The maximum atomic E-state index is 12.2. The zero-order chi connectivity index (χ0) is 19.2. The minimum atomic E-state index is -0.0493. The van der Waals surface area contributed by atoms with Crippen LogP contribution in [-0.2, 0) is 17.8 Å². The van der Waals surface area contributed by atoms with Crippen LogP contribution in [0.1, 0.15) is 25.6 Å². The van der Waals surface area contributed by atoms with Crippen LogP contribution in [-0.4, -0.2) is 58.6 Å². The minimum Gasteiger partial charge on any atom is -0.338 e. The van der Waals surface area contributed by atoms with E-state index >= 15 is 0 Å². The minimum absolute atomic E-state index is 0.0493. The van der Waals surface area contributed by atoms with Crippen LogP contribution >= 0.6 is 11.6 Å². The molecule has 1 saturated heterocycles. The lowest BCUT2D eigenvalue weighted by atomic mass is 10.1. The first kappa shape index (κ1) is 19.8. The molecule has 8 heteroatoms. The zero-order valence-corrected chi connectivity index (χ0v) is 16.6. The number of piperazine rings is 1. The molecule has 146 valence electrons. The molecular weight excluding hydrogens is 366 g/mol. The van der Waals surface area contributed by atoms with E-state index in [1.807, 2.05) is 12.1 Å². The Bertz CT molecular complexity index is 756. The average molecular weight is 392 g/mol. The molecule has 2 aromatic rings. The number of nitrogens with one attached hydrogen (secondary N) is 1. The van der Waals surface area contributed by atoms with Gasteiger partial charge >= 0.3 is 0 Å². The van der Waals surface area contributed by atoms with Crippen molar-refractivity contribution in [3.05, 3.63) is 41.0 Å². The highest BCUT2D eigenvalue weighted by Crippen LogP contribution is 2.20. The summed E-state index contributed by atoms with van der Waals surface area (Å²) in [4.78, 5) is 21.1. The molecule has 0 bridgehead atoms. The first-order valence-corrected chi connectivity index (χ1v) is 9.68. The number of halogens is 1. The van der Waals surface area contributed by atoms with E-state index in [9.17, 15) is 4.79 Å². The third-order valence-corrected chi connectivity index (χ3v) is 4.77. The number of anilines is 1. The predicted octanol–water partition coefficient (Wildman–Crippen LogP) is 2.68. The number of para-hydroxylation sites is 1. The van der Waals surface area contributed by atoms with Gasteiger partial charge in [0.2, 0.25) is 11.8 Å². The molecule has 1 N–H and O–H groups in total. The summed E-state index contributed by atoms with van der Waals surface area (Å²) < 4.78 is 5.34. The Balaban J connectivity index is 1.41. The van der Waals surface area contributed by atoms with Gasteiger partial charge in [0.25, 0.3) is 0 Å². The highest BCUT2D eigenvalue weighted by atomic mass is 35.5. The molecule has 1 aliphatic rings. The molecule has 2 heterocycles. The second-order valence-electron chi connectivity index (χ2n) is 7.28. The van der Waals surface area contributed by atoms with E-state index in [0.29, 0.717) is 35.6 Å². The van der Waals surface area contributed by atoms with E-state index in [2.05, 4.69) is 39.1 Å². The van der Waals surface area contributed by atoms with Gasteiger partial charge < -0.3 is 9.84 Å². The average Bonchev–Trinajstić information content (AvgIpc) is 3.05. The Labute approximate surface area is 164 Å². The second kappa shape index (κ2) is 9.30. The standard InChI is InChI=1S/C19H26ClN5O2/c1-14(2)11-17-22-19(27-23-17)13-25-9-7-24(8-10-25)12-18(26)21-16-6-4-3-5-15(16)20/h3-6,14H,7-13H2,1-2H3,(H,21,26). The topological polar surface area (TPSA) is 74.5 Å². The van der Waals surface area contributed by atoms with Crippen molar-refractivity contribution in [2.24, 2.45) is 5.92 Å². The van der Waals surface area contributed by atoms with Gasteiger partial charge in [-0.2, -0.15) is 4.98 Å². The summed E-state index contributed by atoms with van der Waals surface area (Å²) in [6, 6.07) is 7.26. The summed E-state index contributed by atoms with van der Waals surface area (Å²) in [6.07, 6.45) is 0.831. The Morgan fingerprint density at radius 3 is 2.63 bits per heavy atom. The number of hydrogen-bond acceptors (Lipinski definition) is 6. The van der Waals surface area contributed by atoms with Crippen LogP contribution in [0.3, 0.4) is 0 Å². The van der Waals surface area contributed by atoms with E-state index in [0.717, 1.165) is 38.4 Å². The van der Waals surface area contributed by atoms with E-state index < -0.39 is 0 Å². The molecule has 0 saturated carbocycles. The first-order valence-electron chi connectivity index (χ1n) is 9.30. The number of benzene rings is 1. The van der Waals surface area contributed by atoms with Crippen LogP contribution in [0.15, 0.2) is 28.8 Å². The lowest BCUT2D eigenvalue weighted by Gasteiger charge is -2.33. The van der Waals surface area contributed by atoms with Gasteiger partial charge in [-0.1, -0.05) is 42.7 Å². The van der Waals surface area contributed by atoms with Crippen molar-refractivity contribution in [1.29, 1.82) is 0 Å². The van der Waals surface area contributed by atoms with Crippen molar-refractivity contribution < 1.29 is 9.32 Å². The molecular formula is C19H26ClN5O2. The summed E-state index contributed by atoms with van der Waals surface area (Å²) >= 11 is 6.08. The fourth-order valence-electron chi connectivity index (χ4n) is 3.05. The number of nitrogens with zero attached hydrogens (tertiary/aromatic N) is 4. The predicted molar refractivity (Wildman–Crippen MR) is 105 cm³/mol. The Hall–Kier alpha value is -1.96. The molecule has 27 heavy (non-hydrogen) atoms. The SMILES string of the molecule is CC(C)Cc1noc(CN2CCN(CC(=O)Nc3ccccc3Cl)CC2)n1. The monoisotopic (exact) mass is 391 g/mol. The molecule has 1 aliphatic heterocycles. The number of amides is 1. The molecule has 1 amide bonds. The molecule has 0 aliphatic carbocycles. The van der Waals surface area contributed by atoms with Gasteiger partial charge in [0.05, 0.1) is 23.8 Å². The maximum absolute atomic E-state index is 12.2. The third kappa shape index (κ3) is 6.02. The smallest absolute Gasteiger partial charge is 0.240 e. The summed E-state index contributed by atoms with van der Waals surface area (Å²) in [5.41, 5.74) is 0.649. The first-order chi connectivity index (χ1) is 13.0. The Kier molecular flexibility index (Phi) is 6.82. The Morgan fingerprint density at radius 1 is 1.22 bits per heavy atom. The molecule has 1 fully saturated rings. The van der Waals surface area contributed by atoms with Gasteiger partial charge in [-0.25, -0.2) is 0 Å². The van der Waals surface area contributed by atoms with E-state index in [-0.39, 0.29) is 5.91 Å². The number of rotatable bonds is 7. The summed E-state index contributed by atoms with van der Waals surface area (Å²) in [6.45, 7) is 8.66. The van der Waals surface area contributed by atoms with E-state index in [1.165, 1.54) is 0 Å². The van der Waals surface area contributed by atoms with Crippen molar-refractivity contribution in [3.63, 3.8) is 0 Å². The van der Waals surface area contributed by atoms with E-state index in [4.69, 9.17) is 16.1 Å². The van der Waals surface area contributed by atoms with Crippen molar-refractivity contribution in [1.82, 2.24) is 19.9 Å². The maximum Gasteiger partial charge on any atom is 0.240 e. The quantitative estimate of drug-likeness (QED) is 0.782. The Morgan fingerprint density at radius 2 is 1.93 bits per heavy atom. The highest BCUT2D eigenvalue weighted by molar-refractivity contribution is 6.33. The fourth-order valence-corrected chi connectivity index (χ4v) is 3.24. The summed E-state index contributed by atoms with van der Waals surface area (Å²) in [7, 11) is 0. The van der Waals surface area contributed by atoms with Crippen LogP contribution in [0.4, 0.5) is 5.69 Å². The zero-order valence-electron chi connectivity index (χ0n) is 15.8. The normalized spacial score (nSPS) is 16.0. The number of hydrogen-bond donors (Lipinski definition) is 1. The molecule has 0 unspecified atom stereocenters. The van der Waals surface area contributed by atoms with Gasteiger partial charge in [-0.3, -0.25) is 14.6 Å². The third-order valence-electron chi connectivity index (χ3n) is 4.44. The van der Waals surface area contributed by atoms with Crippen molar-refractivity contribution >= 4 is 23.2 Å². The molecule has 1 aromatic carbocycles. The molecule has 0 spiro atoms. The number of carbonyl (C=O) groups is 1. The highest BCUT2D eigenvalue weighted by Gasteiger charge is 2.21. The van der Waals surface area contributed by atoms with Gasteiger partial charge in [-0.05, 0) is 18.1 Å². The van der Waals surface area contributed by atoms with Gasteiger partial charge in [0.15, 0.2) is 5.82 Å². The van der Waals surface area contributed by atoms with Crippen molar-refractivity contribution in [2.75, 3.05) is 38.0 Å². The van der Waals surface area contributed by atoms with Gasteiger partial charge in [0.1, 0.15) is 0 Å². The summed E-state index contributed by atoms with van der Waals surface area (Å²) in [5, 5.41) is 7.45. The van der Waals surface area contributed by atoms with Crippen LogP contribution in [0.5, 0.6) is 0 Å². The van der Waals surface area contributed by atoms with Crippen LogP contribution in [0, 0.1) is 5.92 Å². The molecule has 0 radical (unpaired) electrons. The lowest BCUT2D eigenvalue weighted by molar-refractivity contribution is -0.117. The van der Waals surface area contributed by atoms with E-state index in [1.54, 1.807) is 12.1 Å². The largest absolute Gasteiger partial charge is 0.338 e.